The predicted molar refractivity (Wildman–Crippen MR) is 78.2 cm³/mol. The monoisotopic (exact) mass is 267 g/mol. The third-order valence-corrected chi connectivity index (χ3v) is 3.94. The summed E-state index contributed by atoms with van der Waals surface area (Å²) in [4.78, 5) is 13.8. The molecule has 0 aliphatic carbocycles. The van der Waals surface area contributed by atoms with Gasteiger partial charge < -0.3 is 4.74 Å². The molecule has 0 fully saturated rings. The number of fused-ring (bicyclic) bond motifs is 3. The fourth-order valence-electron chi connectivity index (χ4n) is 2.86. The Labute approximate surface area is 118 Å². The Morgan fingerprint density at radius 1 is 1.10 bits per heavy atom. The number of methoxy groups -OCH3 is 1. The minimum Gasteiger partial charge on any atom is -0.453 e. The number of rotatable bonds is 0. The first-order valence-corrected chi connectivity index (χ1v) is 6.74. The quantitative estimate of drug-likeness (QED) is 0.722. The molecule has 0 N–H and O–H groups in total. The highest BCUT2D eigenvalue weighted by molar-refractivity contribution is 5.76. The van der Waals surface area contributed by atoms with Crippen LogP contribution in [0.3, 0.4) is 0 Å². The summed E-state index contributed by atoms with van der Waals surface area (Å²) >= 11 is 0. The summed E-state index contributed by atoms with van der Waals surface area (Å²) in [5, 5.41) is 0. The fourth-order valence-corrected chi connectivity index (χ4v) is 2.86. The minimum absolute atomic E-state index is 0.00829. The second kappa shape index (κ2) is 5.00. The second-order valence-corrected chi connectivity index (χ2v) is 5.02. The van der Waals surface area contributed by atoms with Gasteiger partial charge in [-0.15, -0.1) is 0 Å². The second-order valence-electron chi connectivity index (χ2n) is 5.02. The molecular formula is C17H17NO2. The van der Waals surface area contributed by atoms with Crippen molar-refractivity contribution in [2.75, 3.05) is 7.11 Å². The van der Waals surface area contributed by atoms with Crippen LogP contribution >= 0.6 is 0 Å². The Morgan fingerprint density at radius 2 is 1.75 bits per heavy atom. The smallest absolute Gasteiger partial charge is 0.410 e. The van der Waals surface area contributed by atoms with E-state index in [0.717, 1.165) is 11.1 Å². The standard InChI is InChI=1S/C17H17NO2/c1-12-14-8-5-6-10-16(14)15-9-4-3-7-13(15)11-18(12)17(19)20-2/h3-10,12H,11H2,1-2H3/t12-/m1/s1. The number of carbonyl (C=O) groups excluding carboxylic acids is 1. The normalized spacial score (nSPS) is 16.9. The Hall–Kier alpha value is -2.29. The summed E-state index contributed by atoms with van der Waals surface area (Å²) < 4.78 is 4.93. The molecule has 1 aliphatic heterocycles. The molecule has 0 unspecified atom stereocenters. The lowest BCUT2D eigenvalue weighted by Gasteiger charge is -2.26. The molecule has 1 heterocycles. The summed E-state index contributed by atoms with van der Waals surface area (Å²) in [7, 11) is 1.43. The van der Waals surface area contributed by atoms with E-state index in [4.69, 9.17) is 4.74 Å². The van der Waals surface area contributed by atoms with Crippen molar-refractivity contribution in [1.82, 2.24) is 4.90 Å². The Morgan fingerprint density at radius 3 is 2.50 bits per heavy atom. The number of nitrogens with zero attached hydrogens (tertiary/aromatic N) is 1. The lowest BCUT2D eigenvalue weighted by molar-refractivity contribution is 0.105. The van der Waals surface area contributed by atoms with Gasteiger partial charge in [-0.2, -0.15) is 0 Å². The Bertz CT molecular complexity index is 651. The summed E-state index contributed by atoms with van der Waals surface area (Å²) in [5.41, 5.74) is 4.70. The molecule has 0 saturated heterocycles. The Balaban J connectivity index is 2.21. The molecule has 0 bridgehead atoms. The maximum atomic E-state index is 12.1. The van der Waals surface area contributed by atoms with Gasteiger partial charge in [0.1, 0.15) is 0 Å². The maximum absolute atomic E-state index is 12.1. The highest BCUT2D eigenvalue weighted by Gasteiger charge is 2.28. The van der Waals surface area contributed by atoms with E-state index in [1.807, 2.05) is 31.2 Å². The van der Waals surface area contributed by atoms with Gasteiger partial charge in [-0.1, -0.05) is 48.5 Å². The first-order chi connectivity index (χ1) is 9.72. The molecule has 2 aromatic carbocycles. The lowest BCUT2D eigenvalue weighted by atomic mass is 9.94. The minimum atomic E-state index is -0.288. The number of benzene rings is 2. The molecule has 3 heteroatoms. The number of carbonyl (C=O) groups is 1. The van der Waals surface area contributed by atoms with Crippen molar-refractivity contribution in [3.63, 3.8) is 0 Å². The molecule has 102 valence electrons. The van der Waals surface area contributed by atoms with Crippen LogP contribution in [0.15, 0.2) is 48.5 Å². The summed E-state index contributed by atoms with van der Waals surface area (Å²) in [6.45, 7) is 2.61. The van der Waals surface area contributed by atoms with Gasteiger partial charge in [-0.05, 0) is 29.2 Å². The first-order valence-electron chi connectivity index (χ1n) is 6.74. The largest absolute Gasteiger partial charge is 0.453 e. The molecule has 1 atom stereocenters. The molecule has 2 aromatic rings. The molecule has 0 saturated carbocycles. The van der Waals surface area contributed by atoms with Crippen molar-refractivity contribution in [3.05, 3.63) is 59.7 Å². The van der Waals surface area contributed by atoms with E-state index < -0.39 is 0 Å². The summed E-state index contributed by atoms with van der Waals surface area (Å²) in [6.07, 6.45) is -0.288. The third-order valence-electron chi connectivity index (χ3n) is 3.94. The van der Waals surface area contributed by atoms with E-state index in [9.17, 15) is 4.79 Å². The zero-order chi connectivity index (χ0) is 14.1. The lowest BCUT2D eigenvalue weighted by Crippen LogP contribution is -2.32. The molecule has 0 aromatic heterocycles. The molecule has 1 amide bonds. The van der Waals surface area contributed by atoms with Crippen molar-refractivity contribution in [3.8, 4) is 11.1 Å². The molecule has 3 nitrogen and oxygen atoms in total. The van der Waals surface area contributed by atoms with Crippen molar-refractivity contribution < 1.29 is 9.53 Å². The number of hydrogen-bond acceptors (Lipinski definition) is 2. The predicted octanol–water partition coefficient (Wildman–Crippen LogP) is 4.00. The van der Waals surface area contributed by atoms with E-state index in [-0.39, 0.29) is 12.1 Å². The van der Waals surface area contributed by atoms with Gasteiger partial charge in [-0.3, -0.25) is 4.90 Å². The van der Waals surface area contributed by atoms with Crippen molar-refractivity contribution >= 4 is 6.09 Å². The zero-order valence-corrected chi connectivity index (χ0v) is 11.7. The van der Waals surface area contributed by atoms with Crippen LogP contribution in [0.5, 0.6) is 0 Å². The van der Waals surface area contributed by atoms with Gasteiger partial charge in [-0.25, -0.2) is 4.79 Å². The maximum Gasteiger partial charge on any atom is 0.410 e. The van der Waals surface area contributed by atoms with Gasteiger partial charge in [0.25, 0.3) is 0 Å². The molecule has 20 heavy (non-hydrogen) atoms. The molecular weight excluding hydrogens is 250 g/mol. The van der Waals surface area contributed by atoms with E-state index in [0.29, 0.717) is 6.54 Å². The van der Waals surface area contributed by atoms with Crippen LogP contribution in [0.4, 0.5) is 4.79 Å². The third kappa shape index (κ3) is 1.95. The highest BCUT2D eigenvalue weighted by atomic mass is 16.5. The molecule has 1 aliphatic rings. The average molecular weight is 267 g/mol. The first kappa shape index (κ1) is 12.7. The van der Waals surface area contributed by atoms with Gasteiger partial charge in [0.05, 0.1) is 19.7 Å². The zero-order valence-electron chi connectivity index (χ0n) is 11.7. The number of ether oxygens (including phenoxy) is 1. The molecule has 3 rings (SSSR count). The van der Waals surface area contributed by atoms with Crippen LogP contribution in [0, 0.1) is 0 Å². The Kier molecular flexibility index (Phi) is 3.18. The van der Waals surface area contributed by atoms with Crippen LogP contribution < -0.4 is 0 Å². The van der Waals surface area contributed by atoms with Crippen LogP contribution in [0.25, 0.3) is 11.1 Å². The number of amides is 1. The van der Waals surface area contributed by atoms with E-state index >= 15 is 0 Å². The van der Waals surface area contributed by atoms with Gasteiger partial charge in [0.15, 0.2) is 0 Å². The van der Waals surface area contributed by atoms with Crippen LogP contribution in [0.2, 0.25) is 0 Å². The van der Waals surface area contributed by atoms with Crippen LogP contribution in [-0.4, -0.2) is 18.1 Å². The van der Waals surface area contributed by atoms with E-state index in [2.05, 4.69) is 24.3 Å². The van der Waals surface area contributed by atoms with Crippen molar-refractivity contribution in [2.24, 2.45) is 0 Å². The SMILES string of the molecule is COC(=O)N1Cc2ccccc2-c2ccccc2[C@H]1C. The van der Waals surface area contributed by atoms with Gasteiger partial charge in [0, 0.05) is 0 Å². The van der Waals surface area contributed by atoms with Crippen LogP contribution in [0.1, 0.15) is 24.1 Å². The fraction of sp³-hybridized carbons (Fsp3) is 0.235. The van der Waals surface area contributed by atoms with Crippen molar-refractivity contribution in [1.29, 1.82) is 0 Å². The molecule has 0 spiro atoms. The summed E-state index contributed by atoms with van der Waals surface area (Å²) in [5.74, 6) is 0. The van der Waals surface area contributed by atoms with Crippen LogP contribution in [-0.2, 0) is 11.3 Å². The van der Waals surface area contributed by atoms with Gasteiger partial charge >= 0.3 is 6.09 Å². The molecule has 0 radical (unpaired) electrons. The highest BCUT2D eigenvalue weighted by Crippen LogP contribution is 2.38. The van der Waals surface area contributed by atoms with Crippen molar-refractivity contribution in [2.45, 2.75) is 19.5 Å². The summed E-state index contributed by atoms with van der Waals surface area (Å²) in [6, 6.07) is 16.5. The number of hydrogen-bond donors (Lipinski definition) is 0. The van der Waals surface area contributed by atoms with E-state index in [1.54, 1.807) is 4.90 Å². The average Bonchev–Trinajstić information content (AvgIpc) is 2.63. The van der Waals surface area contributed by atoms with Gasteiger partial charge in [0.2, 0.25) is 0 Å². The van der Waals surface area contributed by atoms with E-state index in [1.165, 1.54) is 18.2 Å². The topological polar surface area (TPSA) is 29.5 Å².